The van der Waals surface area contributed by atoms with Crippen molar-refractivity contribution in [3.63, 3.8) is 0 Å². The van der Waals surface area contributed by atoms with Crippen LogP contribution < -0.4 is 5.32 Å². The van der Waals surface area contributed by atoms with Crippen LogP contribution in [-0.2, 0) is 4.79 Å². The van der Waals surface area contributed by atoms with Crippen LogP contribution in [0, 0.1) is 11.6 Å². The molecule has 4 nitrogen and oxygen atoms in total. The normalized spacial score (nSPS) is 19.0. The standard InChI is InChI=1S/C25H24ClF2N3O/c26-21-15-18(3-4-22(21)28)30-24(32)25(9-1-10-25)31-12-7-16(8-13-31)19-6-11-29-23-5-2-17(27)14-20(19)23/h2-6,11,14-16H,1,7-10,12-13H2,(H,30,32). The number of hydrogen-bond acceptors (Lipinski definition) is 3. The molecule has 1 amide bonds. The summed E-state index contributed by atoms with van der Waals surface area (Å²) in [7, 11) is 0. The first-order valence-corrected chi connectivity index (χ1v) is 11.4. The molecule has 0 unspecified atom stereocenters. The van der Waals surface area contributed by atoms with Gasteiger partial charge in [0.15, 0.2) is 0 Å². The number of halogens is 3. The highest BCUT2D eigenvalue weighted by Crippen LogP contribution is 2.43. The molecular weight excluding hydrogens is 432 g/mol. The molecule has 1 aliphatic heterocycles. The number of rotatable bonds is 4. The van der Waals surface area contributed by atoms with E-state index in [-0.39, 0.29) is 16.7 Å². The molecule has 2 aliphatic rings. The summed E-state index contributed by atoms with van der Waals surface area (Å²) in [5.74, 6) is -0.514. The fourth-order valence-electron chi connectivity index (χ4n) is 5.13. The maximum absolute atomic E-state index is 13.9. The predicted octanol–water partition coefficient (Wildman–Crippen LogP) is 5.91. The minimum atomic E-state index is -0.530. The van der Waals surface area contributed by atoms with Gasteiger partial charge in [-0.2, -0.15) is 0 Å². The number of aromatic nitrogens is 1. The molecule has 2 heterocycles. The topological polar surface area (TPSA) is 45.2 Å². The number of carbonyl (C=O) groups is 1. The highest BCUT2D eigenvalue weighted by molar-refractivity contribution is 6.31. The molecule has 166 valence electrons. The Balaban J connectivity index is 1.31. The monoisotopic (exact) mass is 455 g/mol. The molecule has 0 spiro atoms. The highest BCUT2D eigenvalue weighted by Gasteiger charge is 2.49. The van der Waals surface area contributed by atoms with Gasteiger partial charge in [-0.25, -0.2) is 8.78 Å². The third kappa shape index (κ3) is 3.76. The van der Waals surface area contributed by atoms with Gasteiger partial charge in [0, 0.05) is 17.3 Å². The molecule has 0 radical (unpaired) electrons. The summed E-state index contributed by atoms with van der Waals surface area (Å²) in [6.45, 7) is 1.59. The van der Waals surface area contributed by atoms with Crippen molar-refractivity contribution < 1.29 is 13.6 Å². The van der Waals surface area contributed by atoms with Crippen LogP contribution in [-0.4, -0.2) is 34.4 Å². The maximum atomic E-state index is 13.9. The lowest BCUT2D eigenvalue weighted by molar-refractivity contribution is -0.135. The van der Waals surface area contributed by atoms with E-state index in [9.17, 15) is 13.6 Å². The Bertz CT molecular complexity index is 1170. The number of anilines is 1. The first kappa shape index (κ1) is 21.3. The summed E-state index contributed by atoms with van der Waals surface area (Å²) < 4.78 is 27.3. The number of amides is 1. The molecule has 2 fully saturated rings. The van der Waals surface area contributed by atoms with Crippen molar-refractivity contribution in [2.45, 2.75) is 43.6 Å². The largest absolute Gasteiger partial charge is 0.324 e. The van der Waals surface area contributed by atoms with Crippen LogP contribution in [0.15, 0.2) is 48.7 Å². The molecule has 0 bridgehead atoms. The Morgan fingerprint density at radius 2 is 1.88 bits per heavy atom. The second kappa shape index (κ2) is 8.41. The fraction of sp³-hybridized carbons (Fsp3) is 0.360. The lowest BCUT2D eigenvalue weighted by atomic mass is 9.72. The van der Waals surface area contributed by atoms with Crippen LogP contribution >= 0.6 is 11.6 Å². The van der Waals surface area contributed by atoms with Crippen molar-refractivity contribution in [1.29, 1.82) is 0 Å². The van der Waals surface area contributed by atoms with E-state index in [2.05, 4.69) is 15.2 Å². The zero-order chi connectivity index (χ0) is 22.3. The first-order valence-electron chi connectivity index (χ1n) is 11.0. The SMILES string of the molecule is O=C(Nc1ccc(F)c(Cl)c1)C1(N2CCC(c3ccnc4ccc(F)cc34)CC2)CCC1. The minimum absolute atomic E-state index is 0.00714. The summed E-state index contributed by atoms with van der Waals surface area (Å²) in [4.78, 5) is 19.9. The molecule has 5 rings (SSSR count). The van der Waals surface area contributed by atoms with E-state index in [1.54, 1.807) is 18.3 Å². The number of pyridine rings is 1. The molecule has 1 aromatic heterocycles. The molecule has 1 saturated heterocycles. The van der Waals surface area contributed by atoms with Crippen molar-refractivity contribution in [2.75, 3.05) is 18.4 Å². The van der Waals surface area contributed by atoms with Crippen molar-refractivity contribution in [2.24, 2.45) is 0 Å². The lowest BCUT2D eigenvalue weighted by Gasteiger charge is -2.51. The molecule has 1 aliphatic carbocycles. The third-order valence-electron chi connectivity index (χ3n) is 7.06. The van der Waals surface area contributed by atoms with Gasteiger partial charge in [0.05, 0.1) is 10.5 Å². The summed E-state index contributed by atoms with van der Waals surface area (Å²) in [6, 6.07) is 11.0. The van der Waals surface area contributed by atoms with Crippen molar-refractivity contribution in [1.82, 2.24) is 9.88 Å². The predicted molar refractivity (Wildman–Crippen MR) is 122 cm³/mol. The van der Waals surface area contributed by atoms with Gasteiger partial charge in [-0.1, -0.05) is 11.6 Å². The molecule has 2 aromatic carbocycles. The molecule has 3 aromatic rings. The van der Waals surface area contributed by atoms with E-state index in [1.165, 1.54) is 24.3 Å². The highest BCUT2D eigenvalue weighted by atomic mass is 35.5. The van der Waals surface area contributed by atoms with E-state index in [1.807, 2.05) is 6.07 Å². The molecule has 7 heteroatoms. The van der Waals surface area contributed by atoms with E-state index in [0.717, 1.165) is 61.7 Å². The van der Waals surface area contributed by atoms with Gasteiger partial charge < -0.3 is 5.32 Å². The van der Waals surface area contributed by atoms with Gasteiger partial charge in [-0.15, -0.1) is 0 Å². The Morgan fingerprint density at radius 1 is 1.09 bits per heavy atom. The summed E-state index contributed by atoms with van der Waals surface area (Å²) in [5, 5.41) is 3.81. The van der Waals surface area contributed by atoms with Crippen molar-refractivity contribution in [3.8, 4) is 0 Å². The Hall–Kier alpha value is -2.57. The van der Waals surface area contributed by atoms with Gasteiger partial charge >= 0.3 is 0 Å². The van der Waals surface area contributed by atoms with E-state index < -0.39 is 11.4 Å². The second-order valence-electron chi connectivity index (χ2n) is 8.79. The average molecular weight is 456 g/mol. The summed E-state index contributed by atoms with van der Waals surface area (Å²) in [5.41, 5.74) is 1.91. The number of carbonyl (C=O) groups excluding carboxylic acids is 1. The lowest BCUT2D eigenvalue weighted by Crippen LogP contribution is -2.62. The Kier molecular flexibility index (Phi) is 5.59. The molecule has 32 heavy (non-hydrogen) atoms. The smallest absolute Gasteiger partial charge is 0.244 e. The molecular formula is C25H24ClF2N3O. The zero-order valence-corrected chi connectivity index (χ0v) is 18.3. The summed E-state index contributed by atoms with van der Waals surface area (Å²) >= 11 is 5.87. The average Bonchev–Trinajstić information content (AvgIpc) is 2.76. The van der Waals surface area contributed by atoms with E-state index >= 15 is 0 Å². The summed E-state index contributed by atoms with van der Waals surface area (Å²) in [6.07, 6.45) is 6.20. The van der Waals surface area contributed by atoms with Crippen LogP contribution in [0.1, 0.15) is 43.6 Å². The van der Waals surface area contributed by atoms with Crippen LogP contribution in [0.2, 0.25) is 5.02 Å². The zero-order valence-electron chi connectivity index (χ0n) is 17.6. The van der Waals surface area contributed by atoms with Gasteiger partial charge in [-0.3, -0.25) is 14.7 Å². The number of benzene rings is 2. The Morgan fingerprint density at radius 3 is 2.56 bits per heavy atom. The number of hydrogen-bond donors (Lipinski definition) is 1. The van der Waals surface area contributed by atoms with Crippen LogP contribution in [0.3, 0.4) is 0 Å². The van der Waals surface area contributed by atoms with E-state index in [0.29, 0.717) is 11.6 Å². The van der Waals surface area contributed by atoms with E-state index in [4.69, 9.17) is 11.6 Å². The van der Waals surface area contributed by atoms with Gasteiger partial charge in [-0.05, 0) is 99.1 Å². The van der Waals surface area contributed by atoms with Crippen LogP contribution in [0.4, 0.5) is 14.5 Å². The Labute approximate surface area is 190 Å². The van der Waals surface area contributed by atoms with Gasteiger partial charge in [0.1, 0.15) is 17.2 Å². The molecule has 0 atom stereocenters. The fourth-order valence-corrected chi connectivity index (χ4v) is 5.31. The van der Waals surface area contributed by atoms with Crippen LogP contribution in [0.25, 0.3) is 10.9 Å². The second-order valence-corrected chi connectivity index (χ2v) is 9.20. The first-order chi connectivity index (χ1) is 15.5. The van der Waals surface area contributed by atoms with Crippen molar-refractivity contribution >= 4 is 34.1 Å². The van der Waals surface area contributed by atoms with Crippen LogP contribution in [0.5, 0.6) is 0 Å². The number of nitrogens with one attached hydrogen (secondary N) is 1. The van der Waals surface area contributed by atoms with Gasteiger partial charge in [0.25, 0.3) is 0 Å². The van der Waals surface area contributed by atoms with Crippen molar-refractivity contribution in [3.05, 3.63) is 70.9 Å². The maximum Gasteiger partial charge on any atom is 0.244 e. The third-order valence-corrected chi connectivity index (χ3v) is 7.35. The van der Waals surface area contributed by atoms with Gasteiger partial charge in [0.2, 0.25) is 5.91 Å². The molecule has 1 N–H and O–H groups in total. The molecule has 1 saturated carbocycles. The number of nitrogens with zero attached hydrogens (tertiary/aromatic N) is 2. The quantitative estimate of drug-likeness (QED) is 0.532. The number of piperidine rings is 1. The minimum Gasteiger partial charge on any atom is -0.324 e. The number of fused-ring (bicyclic) bond motifs is 1. The number of likely N-dealkylation sites (tertiary alicyclic amines) is 1.